The van der Waals surface area contributed by atoms with E-state index >= 15 is 0 Å². The normalized spacial score (nSPS) is 24.4. The molecule has 0 radical (unpaired) electrons. The predicted octanol–water partition coefficient (Wildman–Crippen LogP) is 2.05. The van der Waals surface area contributed by atoms with Gasteiger partial charge in [0.1, 0.15) is 0 Å². The predicted molar refractivity (Wildman–Crippen MR) is 113 cm³/mol. The number of hydrogen-bond donors (Lipinski definition) is 0. The fraction of sp³-hybridized carbons (Fsp3) is 0.636. The van der Waals surface area contributed by atoms with Crippen LogP contribution in [0.4, 0.5) is 5.69 Å². The number of fused-ring (bicyclic) bond motifs is 1. The first-order valence-corrected chi connectivity index (χ1v) is 11.0. The Kier molecular flexibility index (Phi) is 5.52. The Bertz CT molecular complexity index is 895. The topological polar surface area (TPSA) is 59.8 Å². The van der Waals surface area contributed by atoms with Gasteiger partial charge in [0.2, 0.25) is 0 Å². The van der Waals surface area contributed by atoms with E-state index in [-0.39, 0.29) is 11.7 Å². The fourth-order valence-electron chi connectivity index (χ4n) is 4.88. The second-order valence-corrected chi connectivity index (χ2v) is 8.45. The van der Waals surface area contributed by atoms with Crippen molar-refractivity contribution in [1.29, 1.82) is 0 Å². The summed E-state index contributed by atoms with van der Waals surface area (Å²) in [7, 11) is 0. The third kappa shape index (κ3) is 4.04. The smallest absolute Gasteiger partial charge is 0.261 e. The second kappa shape index (κ2) is 8.42. The van der Waals surface area contributed by atoms with Crippen LogP contribution in [-0.2, 0) is 9.47 Å². The van der Waals surface area contributed by atoms with Crippen LogP contribution in [0.25, 0.3) is 10.9 Å². The van der Waals surface area contributed by atoms with Crippen LogP contribution in [0.15, 0.2) is 29.3 Å². The number of aromatic nitrogens is 2. The molecule has 29 heavy (non-hydrogen) atoms. The third-order valence-electron chi connectivity index (χ3n) is 6.57. The summed E-state index contributed by atoms with van der Waals surface area (Å²) < 4.78 is 13.1. The highest BCUT2D eigenvalue weighted by Gasteiger charge is 2.23. The van der Waals surface area contributed by atoms with E-state index in [9.17, 15) is 4.79 Å². The summed E-state index contributed by atoms with van der Waals surface area (Å²) in [6, 6.07) is 6.44. The van der Waals surface area contributed by atoms with E-state index in [1.54, 1.807) is 6.33 Å². The lowest BCUT2D eigenvalue weighted by Crippen LogP contribution is -2.50. The van der Waals surface area contributed by atoms with Gasteiger partial charge in [0.25, 0.3) is 5.56 Å². The van der Waals surface area contributed by atoms with E-state index < -0.39 is 0 Å². The van der Waals surface area contributed by atoms with Crippen molar-refractivity contribution in [2.75, 3.05) is 57.4 Å². The Hall–Kier alpha value is -1.96. The third-order valence-corrected chi connectivity index (χ3v) is 6.57. The molecule has 0 amide bonds. The molecule has 7 heteroatoms. The lowest BCUT2D eigenvalue weighted by Gasteiger charge is -2.38. The Morgan fingerprint density at radius 1 is 1.07 bits per heavy atom. The molecule has 5 rings (SSSR count). The quantitative estimate of drug-likeness (QED) is 0.786. The summed E-state index contributed by atoms with van der Waals surface area (Å²) in [5.74, 6) is 0. The highest BCUT2D eigenvalue weighted by atomic mass is 16.6. The average molecular weight is 399 g/mol. The maximum absolute atomic E-state index is 12.9. The van der Waals surface area contributed by atoms with Gasteiger partial charge in [0.05, 0.1) is 43.2 Å². The molecule has 1 aromatic heterocycles. The Balaban J connectivity index is 1.26. The van der Waals surface area contributed by atoms with Crippen molar-refractivity contribution in [3.8, 4) is 0 Å². The minimum Gasteiger partial charge on any atom is -0.376 e. The molecule has 2 aromatic rings. The van der Waals surface area contributed by atoms with Crippen molar-refractivity contribution in [2.45, 2.75) is 37.8 Å². The van der Waals surface area contributed by atoms with Gasteiger partial charge in [-0.15, -0.1) is 0 Å². The van der Waals surface area contributed by atoms with Gasteiger partial charge in [-0.1, -0.05) is 12.8 Å². The fourth-order valence-corrected chi connectivity index (χ4v) is 4.88. The van der Waals surface area contributed by atoms with Gasteiger partial charge in [-0.05, 0) is 31.0 Å². The first kappa shape index (κ1) is 19.0. The zero-order valence-electron chi connectivity index (χ0n) is 17.0. The maximum atomic E-state index is 12.9. The van der Waals surface area contributed by atoms with Gasteiger partial charge in [-0.25, -0.2) is 4.98 Å². The molecule has 1 atom stereocenters. The molecule has 3 aliphatic rings. The molecule has 1 unspecified atom stereocenters. The van der Waals surface area contributed by atoms with Crippen molar-refractivity contribution in [3.63, 3.8) is 0 Å². The Labute approximate surface area is 171 Å². The van der Waals surface area contributed by atoms with Crippen LogP contribution >= 0.6 is 0 Å². The number of hydrogen-bond acceptors (Lipinski definition) is 6. The van der Waals surface area contributed by atoms with Gasteiger partial charge in [0, 0.05) is 44.5 Å². The SMILES string of the molecule is O=c1c2ccc(N3CCN(CC4COCCO4)CC3)cc2ncn1C1CCCC1. The van der Waals surface area contributed by atoms with Crippen molar-refractivity contribution in [2.24, 2.45) is 0 Å². The highest BCUT2D eigenvalue weighted by Crippen LogP contribution is 2.28. The zero-order chi connectivity index (χ0) is 19.6. The van der Waals surface area contributed by atoms with Gasteiger partial charge in [-0.2, -0.15) is 0 Å². The Morgan fingerprint density at radius 3 is 2.66 bits per heavy atom. The average Bonchev–Trinajstić information content (AvgIpc) is 3.30. The zero-order valence-corrected chi connectivity index (χ0v) is 17.0. The van der Waals surface area contributed by atoms with E-state index in [1.807, 2.05) is 10.6 Å². The van der Waals surface area contributed by atoms with Crippen LogP contribution in [-0.4, -0.2) is 73.1 Å². The van der Waals surface area contributed by atoms with Gasteiger partial charge >= 0.3 is 0 Å². The van der Waals surface area contributed by atoms with Crippen LogP contribution in [0.3, 0.4) is 0 Å². The number of anilines is 1. The number of nitrogens with zero attached hydrogens (tertiary/aromatic N) is 4. The largest absolute Gasteiger partial charge is 0.376 e. The van der Waals surface area contributed by atoms with E-state index in [0.717, 1.165) is 62.2 Å². The lowest BCUT2D eigenvalue weighted by molar-refractivity contribution is -0.0977. The number of rotatable bonds is 4. The van der Waals surface area contributed by atoms with E-state index in [2.05, 4.69) is 26.9 Å². The molecule has 2 saturated heterocycles. The summed E-state index contributed by atoms with van der Waals surface area (Å²) in [5, 5.41) is 0.733. The first-order valence-electron chi connectivity index (χ1n) is 11.0. The molecule has 0 bridgehead atoms. The molecule has 3 fully saturated rings. The van der Waals surface area contributed by atoms with E-state index in [1.165, 1.54) is 12.8 Å². The van der Waals surface area contributed by atoms with Gasteiger partial charge in [-0.3, -0.25) is 14.3 Å². The second-order valence-electron chi connectivity index (χ2n) is 8.45. The van der Waals surface area contributed by atoms with Crippen LogP contribution in [0.1, 0.15) is 31.7 Å². The van der Waals surface area contributed by atoms with Crippen molar-refractivity contribution >= 4 is 16.6 Å². The first-order chi connectivity index (χ1) is 14.3. The molecular formula is C22H30N4O3. The van der Waals surface area contributed by atoms with Crippen LogP contribution in [0, 0.1) is 0 Å². The summed E-state index contributed by atoms with van der Waals surface area (Å²) >= 11 is 0. The maximum Gasteiger partial charge on any atom is 0.261 e. The van der Waals surface area contributed by atoms with E-state index in [4.69, 9.17) is 9.47 Å². The highest BCUT2D eigenvalue weighted by molar-refractivity contribution is 5.81. The number of ether oxygens (including phenoxy) is 2. The molecule has 1 aliphatic carbocycles. The molecule has 0 N–H and O–H groups in total. The minimum absolute atomic E-state index is 0.105. The van der Waals surface area contributed by atoms with Crippen molar-refractivity contribution < 1.29 is 9.47 Å². The number of piperazine rings is 1. The van der Waals surface area contributed by atoms with Crippen LogP contribution < -0.4 is 10.5 Å². The summed E-state index contributed by atoms with van der Waals surface area (Å²) in [6.45, 7) is 7.02. The minimum atomic E-state index is 0.105. The van der Waals surface area contributed by atoms with E-state index in [0.29, 0.717) is 25.9 Å². The Morgan fingerprint density at radius 2 is 1.90 bits per heavy atom. The summed E-state index contributed by atoms with van der Waals surface area (Å²) in [4.78, 5) is 22.4. The summed E-state index contributed by atoms with van der Waals surface area (Å²) in [6.07, 6.45) is 6.55. The van der Waals surface area contributed by atoms with Crippen LogP contribution in [0.5, 0.6) is 0 Å². The molecule has 1 aromatic carbocycles. The molecule has 1 saturated carbocycles. The van der Waals surface area contributed by atoms with Crippen LogP contribution in [0.2, 0.25) is 0 Å². The van der Waals surface area contributed by atoms with Crippen molar-refractivity contribution in [3.05, 3.63) is 34.9 Å². The molecular weight excluding hydrogens is 368 g/mol. The molecule has 156 valence electrons. The van der Waals surface area contributed by atoms with Crippen molar-refractivity contribution in [1.82, 2.24) is 14.5 Å². The summed E-state index contributed by atoms with van der Waals surface area (Å²) in [5.41, 5.74) is 2.06. The lowest BCUT2D eigenvalue weighted by atomic mass is 10.1. The van der Waals surface area contributed by atoms with Gasteiger partial charge < -0.3 is 14.4 Å². The molecule has 0 spiro atoms. The standard InChI is InChI=1S/C22H30N4O3/c27-22-20-6-5-18(13-21(20)23-16-26(22)17-3-1-2-4-17)25-9-7-24(8-10-25)14-19-15-28-11-12-29-19/h5-6,13,16-17,19H,1-4,7-12,14-15H2. The number of benzene rings is 1. The molecule has 2 aliphatic heterocycles. The molecule has 7 nitrogen and oxygen atoms in total. The monoisotopic (exact) mass is 398 g/mol. The molecule has 3 heterocycles. The van der Waals surface area contributed by atoms with Gasteiger partial charge in [0.15, 0.2) is 0 Å².